The topological polar surface area (TPSA) is 96.2 Å². The van der Waals surface area contributed by atoms with Crippen molar-refractivity contribution in [2.45, 2.75) is 38.2 Å². The molecule has 2 fully saturated rings. The molecule has 1 aliphatic heterocycles. The number of rotatable bonds is 5. The van der Waals surface area contributed by atoms with Crippen LogP contribution in [0.3, 0.4) is 0 Å². The van der Waals surface area contributed by atoms with Gasteiger partial charge in [0.25, 0.3) is 0 Å². The van der Waals surface area contributed by atoms with Gasteiger partial charge in [-0.1, -0.05) is 0 Å². The van der Waals surface area contributed by atoms with Crippen LogP contribution in [0.5, 0.6) is 0 Å². The quantitative estimate of drug-likeness (QED) is 0.820. The van der Waals surface area contributed by atoms with E-state index in [4.69, 9.17) is 0 Å². The lowest BCUT2D eigenvalue weighted by Crippen LogP contribution is -2.39. The summed E-state index contributed by atoms with van der Waals surface area (Å²) in [4.78, 5) is 18.7. The van der Waals surface area contributed by atoms with Gasteiger partial charge >= 0.3 is 0 Å². The standard InChI is InChI=1S/C17H24N6O2S/c1-22-14(10-11-8-13(24)9-11)20-21-17(22)23-5-2-12(3-6-23)15(25)19-16-18-4-7-26-16/h4,7,11-13,24H,2-3,5-6,8-10H2,1H3,(H,18,19,25). The number of nitrogens with zero attached hydrogens (tertiary/aromatic N) is 5. The number of amides is 1. The molecule has 8 nitrogen and oxygen atoms in total. The Hall–Kier alpha value is -2.00. The Morgan fingerprint density at radius 1 is 1.35 bits per heavy atom. The van der Waals surface area contributed by atoms with Gasteiger partial charge in [0.2, 0.25) is 11.9 Å². The largest absolute Gasteiger partial charge is 0.393 e. The lowest BCUT2D eigenvalue weighted by molar-refractivity contribution is -0.120. The summed E-state index contributed by atoms with van der Waals surface area (Å²) in [5.41, 5.74) is 0. The fourth-order valence-electron chi connectivity index (χ4n) is 3.76. The second kappa shape index (κ2) is 7.32. The van der Waals surface area contributed by atoms with E-state index < -0.39 is 0 Å². The molecule has 26 heavy (non-hydrogen) atoms. The first kappa shape index (κ1) is 17.4. The first-order valence-electron chi connectivity index (χ1n) is 9.11. The fraction of sp³-hybridized carbons (Fsp3) is 0.647. The minimum Gasteiger partial charge on any atom is -0.393 e. The zero-order valence-electron chi connectivity index (χ0n) is 14.8. The second-order valence-corrected chi connectivity index (χ2v) is 8.15. The monoisotopic (exact) mass is 376 g/mol. The van der Waals surface area contributed by atoms with Crippen molar-refractivity contribution >= 4 is 28.3 Å². The Kier molecular flexibility index (Phi) is 4.90. The molecule has 0 atom stereocenters. The summed E-state index contributed by atoms with van der Waals surface area (Å²) in [5, 5.41) is 23.6. The van der Waals surface area contributed by atoms with Crippen LogP contribution in [0.2, 0.25) is 0 Å². The molecular formula is C17H24N6O2S. The number of anilines is 2. The van der Waals surface area contributed by atoms with E-state index in [1.165, 1.54) is 11.3 Å². The van der Waals surface area contributed by atoms with Crippen molar-refractivity contribution in [3.05, 3.63) is 17.4 Å². The van der Waals surface area contributed by atoms with Crippen molar-refractivity contribution in [3.63, 3.8) is 0 Å². The molecule has 0 radical (unpaired) electrons. The van der Waals surface area contributed by atoms with E-state index in [-0.39, 0.29) is 17.9 Å². The van der Waals surface area contributed by atoms with E-state index in [0.29, 0.717) is 11.0 Å². The van der Waals surface area contributed by atoms with Crippen molar-refractivity contribution in [1.29, 1.82) is 0 Å². The lowest BCUT2D eigenvalue weighted by Gasteiger charge is -2.32. The zero-order valence-corrected chi connectivity index (χ0v) is 15.7. The predicted octanol–water partition coefficient (Wildman–Crippen LogP) is 1.44. The molecule has 2 N–H and O–H groups in total. The summed E-state index contributed by atoms with van der Waals surface area (Å²) < 4.78 is 2.06. The van der Waals surface area contributed by atoms with Crippen LogP contribution in [0.25, 0.3) is 0 Å². The van der Waals surface area contributed by atoms with E-state index in [2.05, 4.69) is 30.0 Å². The van der Waals surface area contributed by atoms with Crippen LogP contribution in [0.4, 0.5) is 11.1 Å². The van der Waals surface area contributed by atoms with Gasteiger partial charge in [-0.05, 0) is 31.6 Å². The van der Waals surface area contributed by atoms with Crippen molar-refractivity contribution in [3.8, 4) is 0 Å². The molecule has 2 aromatic heterocycles. The van der Waals surface area contributed by atoms with Gasteiger partial charge in [0.15, 0.2) is 5.13 Å². The number of carbonyl (C=O) groups excluding carboxylic acids is 1. The normalized spacial score (nSPS) is 23.7. The summed E-state index contributed by atoms with van der Waals surface area (Å²) in [5.74, 6) is 2.43. The number of thiazole rings is 1. The highest BCUT2D eigenvalue weighted by Crippen LogP contribution is 2.31. The molecule has 4 rings (SSSR count). The Labute approximate surface area is 156 Å². The molecule has 0 aromatic carbocycles. The Morgan fingerprint density at radius 2 is 2.12 bits per heavy atom. The highest BCUT2D eigenvalue weighted by molar-refractivity contribution is 7.13. The van der Waals surface area contributed by atoms with Gasteiger partial charge in [-0.2, -0.15) is 0 Å². The molecule has 3 heterocycles. The summed E-state index contributed by atoms with van der Waals surface area (Å²) in [6.07, 6.45) is 5.75. The van der Waals surface area contributed by atoms with Crippen molar-refractivity contribution < 1.29 is 9.90 Å². The minimum absolute atomic E-state index is 0.0133. The van der Waals surface area contributed by atoms with Crippen molar-refractivity contribution in [1.82, 2.24) is 19.7 Å². The first-order valence-corrected chi connectivity index (χ1v) is 9.99. The summed E-state index contributed by atoms with van der Waals surface area (Å²) in [6, 6.07) is 0. The van der Waals surface area contributed by atoms with Gasteiger partial charge in [-0.25, -0.2) is 4.98 Å². The third-order valence-electron chi connectivity index (χ3n) is 5.44. The number of hydrogen-bond acceptors (Lipinski definition) is 7. The summed E-state index contributed by atoms with van der Waals surface area (Å²) in [6.45, 7) is 1.59. The number of piperidine rings is 1. The van der Waals surface area contributed by atoms with Crippen LogP contribution >= 0.6 is 11.3 Å². The maximum atomic E-state index is 12.4. The Balaban J connectivity index is 1.31. The SMILES string of the molecule is Cn1c(CC2CC(O)C2)nnc1N1CCC(C(=O)Nc2nccs2)CC1. The molecule has 1 amide bonds. The number of carbonyl (C=O) groups is 1. The number of aliphatic hydroxyl groups excluding tert-OH is 1. The van der Waals surface area contributed by atoms with Crippen LogP contribution in [0.15, 0.2) is 11.6 Å². The number of aromatic nitrogens is 4. The number of aliphatic hydroxyl groups is 1. The lowest BCUT2D eigenvalue weighted by atomic mass is 9.80. The van der Waals surface area contributed by atoms with Gasteiger partial charge in [-0.3, -0.25) is 4.79 Å². The average Bonchev–Trinajstić information content (AvgIpc) is 3.24. The predicted molar refractivity (Wildman–Crippen MR) is 99.1 cm³/mol. The molecule has 9 heteroatoms. The molecule has 1 saturated carbocycles. The van der Waals surface area contributed by atoms with Crippen molar-refractivity contribution in [2.24, 2.45) is 18.9 Å². The van der Waals surface area contributed by atoms with Crippen LogP contribution in [0, 0.1) is 11.8 Å². The first-order chi connectivity index (χ1) is 12.6. The molecule has 0 unspecified atom stereocenters. The van der Waals surface area contributed by atoms with Gasteiger partial charge < -0.3 is 19.9 Å². The molecule has 0 spiro atoms. The smallest absolute Gasteiger partial charge is 0.229 e. The highest BCUT2D eigenvalue weighted by Gasteiger charge is 2.31. The number of nitrogens with one attached hydrogen (secondary N) is 1. The Morgan fingerprint density at radius 3 is 2.77 bits per heavy atom. The van der Waals surface area contributed by atoms with Gasteiger partial charge in [0.05, 0.1) is 6.10 Å². The Bertz CT molecular complexity index is 747. The molecule has 1 saturated heterocycles. The third kappa shape index (κ3) is 3.59. The molecule has 1 aliphatic carbocycles. The summed E-state index contributed by atoms with van der Waals surface area (Å²) in [7, 11) is 2.00. The van der Waals surface area contributed by atoms with E-state index in [9.17, 15) is 9.90 Å². The molecule has 2 aromatic rings. The molecule has 0 bridgehead atoms. The van der Waals surface area contributed by atoms with Gasteiger partial charge in [0.1, 0.15) is 5.82 Å². The molecule has 140 valence electrons. The van der Waals surface area contributed by atoms with Crippen molar-refractivity contribution in [2.75, 3.05) is 23.3 Å². The van der Waals surface area contributed by atoms with Crippen LogP contribution < -0.4 is 10.2 Å². The van der Waals surface area contributed by atoms with E-state index in [1.807, 2.05) is 12.4 Å². The van der Waals surface area contributed by atoms with Gasteiger partial charge in [0, 0.05) is 44.1 Å². The highest BCUT2D eigenvalue weighted by atomic mass is 32.1. The van der Waals surface area contributed by atoms with E-state index in [1.54, 1.807) is 6.20 Å². The van der Waals surface area contributed by atoms with E-state index >= 15 is 0 Å². The fourth-order valence-corrected chi connectivity index (χ4v) is 4.30. The van der Waals surface area contributed by atoms with Gasteiger partial charge in [-0.15, -0.1) is 21.5 Å². The zero-order chi connectivity index (χ0) is 18.1. The minimum atomic E-state index is -0.137. The number of hydrogen-bond donors (Lipinski definition) is 2. The third-order valence-corrected chi connectivity index (χ3v) is 6.12. The molecule has 2 aliphatic rings. The maximum Gasteiger partial charge on any atom is 0.229 e. The maximum absolute atomic E-state index is 12.4. The van der Waals surface area contributed by atoms with E-state index in [0.717, 1.165) is 57.0 Å². The molecular weight excluding hydrogens is 352 g/mol. The average molecular weight is 376 g/mol. The van der Waals surface area contributed by atoms with Crippen LogP contribution in [-0.4, -0.2) is 50.0 Å². The van der Waals surface area contributed by atoms with Crippen LogP contribution in [0.1, 0.15) is 31.5 Å². The van der Waals surface area contributed by atoms with Crippen LogP contribution in [-0.2, 0) is 18.3 Å². The second-order valence-electron chi connectivity index (χ2n) is 7.26. The summed E-state index contributed by atoms with van der Waals surface area (Å²) >= 11 is 1.44.